The van der Waals surface area contributed by atoms with Gasteiger partial charge in [-0.3, -0.25) is 0 Å². The van der Waals surface area contributed by atoms with E-state index in [0.29, 0.717) is 27.5 Å². The number of hydrogen-bond acceptors (Lipinski definition) is 5. The van der Waals surface area contributed by atoms with Gasteiger partial charge in [0.25, 0.3) is 5.89 Å². The van der Waals surface area contributed by atoms with E-state index in [1.54, 1.807) is 32.0 Å². The van der Waals surface area contributed by atoms with Crippen molar-refractivity contribution in [1.82, 2.24) is 10.1 Å². The van der Waals surface area contributed by atoms with Crippen molar-refractivity contribution < 1.29 is 9.26 Å². The lowest BCUT2D eigenvalue weighted by molar-refractivity contribution is 0.242. The van der Waals surface area contributed by atoms with Crippen molar-refractivity contribution in [2.75, 3.05) is 0 Å². The Labute approximate surface area is 120 Å². The second kappa shape index (κ2) is 5.36. The maximum atomic E-state index is 5.98. The highest BCUT2D eigenvalue weighted by Crippen LogP contribution is 2.28. The predicted octanol–water partition coefficient (Wildman–Crippen LogP) is 3.15. The van der Waals surface area contributed by atoms with Crippen LogP contribution in [0.4, 0.5) is 0 Å². The van der Waals surface area contributed by atoms with Crippen molar-refractivity contribution in [2.24, 2.45) is 5.73 Å². The number of benzene rings is 1. The molecule has 2 rings (SSSR count). The molecule has 1 aromatic heterocycles. The summed E-state index contributed by atoms with van der Waals surface area (Å²) in [5, 5.41) is 4.76. The van der Waals surface area contributed by atoms with E-state index in [0.717, 1.165) is 0 Å². The highest BCUT2D eigenvalue weighted by molar-refractivity contribution is 6.35. The van der Waals surface area contributed by atoms with Gasteiger partial charge in [-0.05, 0) is 32.0 Å². The first-order chi connectivity index (χ1) is 8.86. The van der Waals surface area contributed by atoms with Gasteiger partial charge in [0.1, 0.15) is 5.75 Å². The molecule has 102 valence electrons. The molecule has 0 spiro atoms. The first kappa shape index (κ1) is 14.1. The van der Waals surface area contributed by atoms with Gasteiger partial charge in [0.05, 0.1) is 10.6 Å². The Bertz CT molecular complexity index is 579. The third-order valence-corrected chi connectivity index (χ3v) is 2.82. The molecule has 1 heterocycles. The molecule has 19 heavy (non-hydrogen) atoms. The minimum absolute atomic E-state index is 0.116. The molecular formula is C12H13Cl2N3O2. The first-order valence-electron chi connectivity index (χ1n) is 5.56. The van der Waals surface area contributed by atoms with Crippen molar-refractivity contribution in [2.45, 2.75) is 26.0 Å². The number of aromatic nitrogens is 2. The van der Waals surface area contributed by atoms with Crippen molar-refractivity contribution >= 4 is 23.2 Å². The molecule has 2 aromatic rings. The van der Waals surface area contributed by atoms with Crippen LogP contribution >= 0.6 is 23.2 Å². The summed E-state index contributed by atoms with van der Waals surface area (Å²) in [6.07, 6.45) is 0. The SMILES string of the molecule is CC(C)(N)c1noc(COc2ccc(Cl)cc2Cl)n1. The summed E-state index contributed by atoms with van der Waals surface area (Å²) in [4.78, 5) is 4.15. The van der Waals surface area contributed by atoms with E-state index in [9.17, 15) is 0 Å². The molecule has 0 atom stereocenters. The standard InChI is InChI=1S/C12H13Cl2N3O2/c1-12(2,15)11-16-10(19-17-11)6-18-9-4-3-7(13)5-8(9)14/h3-5H,6,15H2,1-2H3. The van der Waals surface area contributed by atoms with Gasteiger partial charge in [0, 0.05) is 5.02 Å². The van der Waals surface area contributed by atoms with Gasteiger partial charge in [-0.2, -0.15) is 4.98 Å². The van der Waals surface area contributed by atoms with Crippen molar-refractivity contribution in [3.8, 4) is 5.75 Å². The zero-order chi connectivity index (χ0) is 14.0. The topological polar surface area (TPSA) is 74.2 Å². The zero-order valence-corrected chi connectivity index (χ0v) is 12.0. The molecule has 2 N–H and O–H groups in total. The molecule has 5 nitrogen and oxygen atoms in total. The van der Waals surface area contributed by atoms with E-state index >= 15 is 0 Å². The van der Waals surface area contributed by atoms with Gasteiger partial charge in [0.2, 0.25) is 0 Å². The maximum absolute atomic E-state index is 5.98. The quantitative estimate of drug-likeness (QED) is 0.939. The molecule has 7 heteroatoms. The van der Waals surface area contributed by atoms with E-state index in [1.165, 1.54) is 0 Å². The van der Waals surface area contributed by atoms with Gasteiger partial charge < -0.3 is 15.0 Å². The van der Waals surface area contributed by atoms with Crippen LogP contribution in [0.3, 0.4) is 0 Å². The van der Waals surface area contributed by atoms with Crippen LogP contribution in [0.15, 0.2) is 22.7 Å². The van der Waals surface area contributed by atoms with Crippen LogP contribution in [-0.4, -0.2) is 10.1 Å². The molecule has 0 aliphatic rings. The lowest BCUT2D eigenvalue weighted by Crippen LogP contribution is -2.30. The molecular weight excluding hydrogens is 289 g/mol. The molecule has 0 saturated carbocycles. The summed E-state index contributed by atoms with van der Waals surface area (Å²) >= 11 is 11.8. The monoisotopic (exact) mass is 301 g/mol. The lowest BCUT2D eigenvalue weighted by Gasteiger charge is -2.11. The number of hydrogen-bond donors (Lipinski definition) is 1. The highest BCUT2D eigenvalue weighted by atomic mass is 35.5. The number of nitrogens with zero attached hydrogens (tertiary/aromatic N) is 2. The van der Waals surface area contributed by atoms with Crippen LogP contribution < -0.4 is 10.5 Å². The lowest BCUT2D eigenvalue weighted by atomic mass is 10.1. The van der Waals surface area contributed by atoms with Crippen LogP contribution in [0.5, 0.6) is 5.75 Å². The average molecular weight is 302 g/mol. The Morgan fingerprint density at radius 1 is 1.37 bits per heavy atom. The third-order valence-electron chi connectivity index (χ3n) is 2.29. The predicted molar refractivity (Wildman–Crippen MR) is 72.3 cm³/mol. The molecule has 0 unspecified atom stereocenters. The third kappa shape index (κ3) is 3.59. The number of rotatable bonds is 4. The van der Waals surface area contributed by atoms with Gasteiger partial charge in [-0.25, -0.2) is 0 Å². The molecule has 0 saturated heterocycles. The van der Waals surface area contributed by atoms with Crippen molar-refractivity contribution in [1.29, 1.82) is 0 Å². The zero-order valence-electron chi connectivity index (χ0n) is 10.5. The molecule has 0 aliphatic heterocycles. The first-order valence-corrected chi connectivity index (χ1v) is 6.31. The summed E-state index contributed by atoms with van der Waals surface area (Å²) in [5.74, 6) is 1.26. The summed E-state index contributed by atoms with van der Waals surface area (Å²) in [6.45, 7) is 3.70. The summed E-state index contributed by atoms with van der Waals surface area (Å²) in [7, 11) is 0. The molecule has 0 amide bonds. The second-order valence-corrected chi connectivity index (χ2v) is 5.44. The molecule has 0 radical (unpaired) electrons. The van der Waals surface area contributed by atoms with E-state index in [1.807, 2.05) is 0 Å². The number of nitrogens with two attached hydrogens (primary N) is 1. The Morgan fingerprint density at radius 3 is 2.68 bits per heavy atom. The Balaban J connectivity index is 2.04. The number of halogens is 2. The fourth-order valence-corrected chi connectivity index (χ4v) is 1.77. The van der Waals surface area contributed by atoms with E-state index in [2.05, 4.69) is 10.1 Å². The van der Waals surface area contributed by atoms with Crippen molar-refractivity contribution in [3.63, 3.8) is 0 Å². The van der Waals surface area contributed by atoms with E-state index < -0.39 is 5.54 Å². The Morgan fingerprint density at radius 2 is 2.11 bits per heavy atom. The van der Waals surface area contributed by atoms with E-state index in [-0.39, 0.29) is 6.61 Å². The maximum Gasteiger partial charge on any atom is 0.264 e. The molecule has 1 aromatic carbocycles. The fraction of sp³-hybridized carbons (Fsp3) is 0.333. The van der Waals surface area contributed by atoms with Crippen LogP contribution in [0.25, 0.3) is 0 Å². The smallest absolute Gasteiger partial charge is 0.264 e. The molecule has 0 bridgehead atoms. The van der Waals surface area contributed by atoms with Gasteiger partial charge in [-0.15, -0.1) is 0 Å². The number of ether oxygens (including phenoxy) is 1. The minimum atomic E-state index is -0.653. The van der Waals surface area contributed by atoms with Crippen LogP contribution in [0.1, 0.15) is 25.6 Å². The minimum Gasteiger partial charge on any atom is -0.482 e. The largest absolute Gasteiger partial charge is 0.482 e. The Kier molecular flexibility index (Phi) is 3.99. The summed E-state index contributed by atoms with van der Waals surface area (Å²) in [6, 6.07) is 4.96. The summed E-state index contributed by atoms with van der Waals surface area (Å²) < 4.78 is 10.5. The van der Waals surface area contributed by atoms with Crippen molar-refractivity contribution in [3.05, 3.63) is 40.0 Å². The van der Waals surface area contributed by atoms with Crippen LogP contribution in [-0.2, 0) is 12.1 Å². The average Bonchev–Trinajstić information content (AvgIpc) is 2.76. The van der Waals surface area contributed by atoms with Gasteiger partial charge >= 0.3 is 0 Å². The molecule has 0 fully saturated rings. The normalized spacial score (nSPS) is 11.6. The van der Waals surface area contributed by atoms with Crippen LogP contribution in [0.2, 0.25) is 10.0 Å². The van der Waals surface area contributed by atoms with Crippen LogP contribution in [0, 0.1) is 0 Å². The van der Waals surface area contributed by atoms with Gasteiger partial charge in [-0.1, -0.05) is 28.4 Å². The van der Waals surface area contributed by atoms with Gasteiger partial charge in [0.15, 0.2) is 12.4 Å². The summed E-state index contributed by atoms with van der Waals surface area (Å²) in [5.41, 5.74) is 5.20. The molecule has 0 aliphatic carbocycles. The van der Waals surface area contributed by atoms with E-state index in [4.69, 9.17) is 38.2 Å². The highest BCUT2D eigenvalue weighted by Gasteiger charge is 2.21. The fourth-order valence-electron chi connectivity index (χ4n) is 1.31. The second-order valence-electron chi connectivity index (χ2n) is 4.60. The Hall–Kier alpha value is -1.30.